The number of hydrogen-bond donors (Lipinski definition) is 1. The SMILES string of the molecule is COc1ccc(-n2c(SCC(=O)N/N=C/c3ccc(Cl)cc3Cl)nnc2-c2ccc(C)cc2)cc1. The molecule has 1 amide bonds. The van der Waals surface area contributed by atoms with Gasteiger partial charge in [0.05, 0.1) is 24.1 Å². The highest BCUT2D eigenvalue weighted by Crippen LogP contribution is 2.29. The number of rotatable bonds is 8. The monoisotopic (exact) mass is 525 g/mol. The molecule has 0 atom stereocenters. The summed E-state index contributed by atoms with van der Waals surface area (Å²) in [6, 6.07) is 20.6. The van der Waals surface area contributed by atoms with Crippen LogP contribution in [0.15, 0.2) is 77.0 Å². The lowest BCUT2D eigenvalue weighted by Crippen LogP contribution is -2.20. The molecule has 10 heteroatoms. The molecule has 1 heterocycles. The Morgan fingerprint density at radius 1 is 1.09 bits per heavy atom. The van der Waals surface area contributed by atoms with Gasteiger partial charge in [0, 0.05) is 21.8 Å². The van der Waals surface area contributed by atoms with Crippen molar-refractivity contribution in [2.24, 2.45) is 5.10 Å². The third kappa shape index (κ3) is 6.22. The lowest BCUT2D eigenvalue weighted by molar-refractivity contribution is -0.118. The van der Waals surface area contributed by atoms with Crippen LogP contribution in [0.25, 0.3) is 17.1 Å². The maximum Gasteiger partial charge on any atom is 0.250 e. The normalized spacial score (nSPS) is 11.1. The van der Waals surface area contributed by atoms with Crippen molar-refractivity contribution in [2.75, 3.05) is 12.9 Å². The van der Waals surface area contributed by atoms with Crippen LogP contribution >= 0.6 is 35.0 Å². The van der Waals surface area contributed by atoms with Gasteiger partial charge in [0.1, 0.15) is 5.75 Å². The molecule has 0 bridgehead atoms. The van der Waals surface area contributed by atoms with Crippen molar-refractivity contribution in [2.45, 2.75) is 12.1 Å². The molecule has 1 aromatic heterocycles. The Labute approximate surface area is 217 Å². The quantitative estimate of drug-likeness (QED) is 0.178. The summed E-state index contributed by atoms with van der Waals surface area (Å²) in [5.41, 5.74) is 6.07. The zero-order valence-electron chi connectivity index (χ0n) is 18.9. The van der Waals surface area contributed by atoms with E-state index in [2.05, 4.69) is 20.7 Å². The second-order valence-corrected chi connectivity index (χ2v) is 9.24. The smallest absolute Gasteiger partial charge is 0.250 e. The zero-order chi connectivity index (χ0) is 24.8. The molecule has 0 radical (unpaired) electrons. The lowest BCUT2D eigenvalue weighted by Gasteiger charge is -2.11. The molecule has 0 aliphatic carbocycles. The van der Waals surface area contributed by atoms with E-state index < -0.39 is 0 Å². The lowest BCUT2D eigenvalue weighted by atomic mass is 10.1. The van der Waals surface area contributed by atoms with E-state index in [0.29, 0.717) is 26.6 Å². The number of nitrogens with one attached hydrogen (secondary N) is 1. The van der Waals surface area contributed by atoms with Crippen LogP contribution in [0, 0.1) is 6.92 Å². The summed E-state index contributed by atoms with van der Waals surface area (Å²) in [5, 5.41) is 14.3. The third-order valence-electron chi connectivity index (χ3n) is 4.96. The first-order chi connectivity index (χ1) is 16.9. The molecule has 3 aromatic carbocycles. The highest BCUT2D eigenvalue weighted by molar-refractivity contribution is 7.99. The van der Waals surface area contributed by atoms with Crippen LogP contribution in [0.4, 0.5) is 0 Å². The van der Waals surface area contributed by atoms with Gasteiger partial charge in [-0.3, -0.25) is 9.36 Å². The molecule has 0 aliphatic rings. The first kappa shape index (κ1) is 24.8. The Morgan fingerprint density at radius 2 is 1.83 bits per heavy atom. The number of carbonyl (C=O) groups excluding carboxylic acids is 1. The number of aromatic nitrogens is 3. The average molecular weight is 526 g/mol. The number of carbonyl (C=O) groups is 1. The predicted octanol–water partition coefficient (Wildman–Crippen LogP) is 5.80. The Morgan fingerprint density at radius 3 is 2.51 bits per heavy atom. The molecule has 178 valence electrons. The fraction of sp³-hybridized carbons (Fsp3) is 0.120. The molecule has 0 fully saturated rings. The fourth-order valence-electron chi connectivity index (χ4n) is 3.16. The van der Waals surface area contributed by atoms with Crippen LogP contribution in [0.2, 0.25) is 10.0 Å². The molecule has 0 aliphatic heterocycles. The number of benzene rings is 3. The van der Waals surface area contributed by atoms with Gasteiger partial charge in [-0.05, 0) is 43.3 Å². The number of ether oxygens (including phenoxy) is 1. The summed E-state index contributed by atoms with van der Waals surface area (Å²) in [6.07, 6.45) is 1.47. The Hall–Kier alpha value is -3.33. The first-order valence-corrected chi connectivity index (χ1v) is 12.3. The highest BCUT2D eigenvalue weighted by Gasteiger charge is 2.17. The predicted molar refractivity (Wildman–Crippen MR) is 141 cm³/mol. The Balaban J connectivity index is 1.52. The Kier molecular flexibility index (Phi) is 8.07. The van der Waals surface area contributed by atoms with Gasteiger partial charge in [0.15, 0.2) is 11.0 Å². The number of methoxy groups -OCH3 is 1. The van der Waals surface area contributed by atoms with E-state index in [9.17, 15) is 4.79 Å². The Bertz CT molecular complexity index is 1360. The van der Waals surface area contributed by atoms with Crippen molar-refractivity contribution in [1.29, 1.82) is 0 Å². The van der Waals surface area contributed by atoms with Crippen molar-refractivity contribution in [3.63, 3.8) is 0 Å². The van der Waals surface area contributed by atoms with Crippen LogP contribution < -0.4 is 10.2 Å². The van der Waals surface area contributed by atoms with Gasteiger partial charge in [-0.15, -0.1) is 10.2 Å². The van der Waals surface area contributed by atoms with Crippen molar-refractivity contribution in [3.05, 3.63) is 87.9 Å². The molecule has 0 saturated carbocycles. The largest absolute Gasteiger partial charge is 0.497 e. The highest BCUT2D eigenvalue weighted by atomic mass is 35.5. The van der Waals surface area contributed by atoms with Crippen LogP contribution in [-0.4, -0.2) is 39.7 Å². The van der Waals surface area contributed by atoms with Gasteiger partial charge < -0.3 is 4.74 Å². The van der Waals surface area contributed by atoms with Crippen molar-refractivity contribution < 1.29 is 9.53 Å². The second kappa shape index (κ2) is 11.4. The third-order valence-corrected chi connectivity index (χ3v) is 6.45. The molecule has 0 saturated heterocycles. The van der Waals surface area contributed by atoms with Gasteiger partial charge in [-0.2, -0.15) is 5.10 Å². The van der Waals surface area contributed by atoms with E-state index >= 15 is 0 Å². The molecule has 1 N–H and O–H groups in total. The van der Waals surface area contributed by atoms with Crippen LogP contribution in [-0.2, 0) is 4.79 Å². The summed E-state index contributed by atoms with van der Waals surface area (Å²) in [4.78, 5) is 12.4. The topological polar surface area (TPSA) is 81.4 Å². The van der Waals surface area contributed by atoms with E-state index in [0.717, 1.165) is 22.6 Å². The number of amides is 1. The minimum atomic E-state index is -0.294. The summed E-state index contributed by atoms with van der Waals surface area (Å²) >= 11 is 13.3. The molecule has 4 aromatic rings. The number of hydrazone groups is 1. The van der Waals surface area contributed by atoms with Gasteiger partial charge in [-0.1, -0.05) is 70.9 Å². The standard InChI is InChI=1S/C25H21Cl2N5O2S/c1-16-3-5-17(6-4-16)24-30-31-25(32(24)20-9-11-21(34-2)12-10-20)35-15-23(33)29-28-14-18-7-8-19(26)13-22(18)27/h3-14H,15H2,1-2H3,(H,29,33)/b28-14+. The maximum absolute atomic E-state index is 12.4. The number of thioether (sulfide) groups is 1. The number of hydrogen-bond acceptors (Lipinski definition) is 6. The number of nitrogens with zero attached hydrogens (tertiary/aromatic N) is 4. The van der Waals surface area contributed by atoms with Gasteiger partial charge in [0.25, 0.3) is 5.91 Å². The molecule has 4 rings (SSSR count). The summed E-state index contributed by atoms with van der Waals surface area (Å²) in [5.74, 6) is 1.21. The van der Waals surface area contributed by atoms with Gasteiger partial charge >= 0.3 is 0 Å². The van der Waals surface area contributed by atoms with Gasteiger partial charge in [0.2, 0.25) is 0 Å². The van der Waals surface area contributed by atoms with E-state index in [1.807, 2.05) is 60.0 Å². The van der Waals surface area contributed by atoms with Crippen molar-refractivity contribution in [1.82, 2.24) is 20.2 Å². The minimum Gasteiger partial charge on any atom is -0.497 e. The van der Waals surface area contributed by atoms with Crippen LogP contribution in [0.5, 0.6) is 5.75 Å². The van der Waals surface area contributed by atoms with Crippen LogP contribution in [0.1, 0.15) is 11.1 Å². The maximum atomic E-state index is 12.4. The summed E-state index contributed by atoms with van der Waals surface area (Å²) < 4.78 is 7.20. The number of halogens is 2. The van der Waals surface area contributed by atoms with Crippen LogP contribution in [0.3, 0.4) is 0 Å². The first-order valence-electron chi connectivity index (χ1n) is 10.5. The van der Waals surface area contributed by atoms with E-state index in [4.69, 9.17) is 27.9 Å². The van der Waals surface area contributed by atoms with E-state index in [1.165, 1.54) is 18.0 Å². The zero-order valence-corrected chi connectivity index (χ0v) is 21.2. The van der Waals surface area contributed by atoms with Gasteiger partial charge in [-0.25, -0.2) is 5.43 Å². The molecule has 7 nitrogen and oxygen atoms in total. The minimum absolute atomic E-state index is 0.0911. The fourth-order valence-corrected chi connectivity index (χ4v) is 4.36. The van der Waals surface area contributed by atoms with E-state index in [1.54, 1.807) is 25.3 Å². The summed E-state index contributed by atoms with van der Waals surface area (Å²) in [6.45, 7) is 2.03. The number of aryl methyl sites for hydroxylation is 1. The molecule has 0 spiro atoms. The molecule has 35 heavy (non-hydrogen) atoms. The molecular weight excluding hydrogens is 505 g/mol. The summed E-state index contributed by atoms with van der Waals surface area (Å²) in [7, 11) is 1.62. The average Bonchev–Trinajstić information content (AvgIpc) is 3.28. The second-order valence-electron chi connectivity index (χ2n) is 7.45. The molecule has 0 unspecified atom stereocenters. The molecular formula is C25H21Cl2N5O2S. The van der Waals surface area contributed by atoms with E-state index in [-0.39, 0.29) is 11.7 Å². The van der Waals surface area contributed by atoms with Crippen molar-refractivity contribution >= 4 is 47.1 Å². The van der Waals surface area contributed by atoms with Crippen molar-refractivity contribution in [3.8, 4) is 22.8 Å².